The molecular weight excluding hydrogens is 176 g/mol. The maximum absolute atomic E-state index is 8.73. The Balaban J connectivity index is 2.71. The van der Waals surface area contributed by atoms with Crippen molar-refractivity contribution in [3.8, 4) is 0 Å². The Morgan fingerprint density at radius 1 is 1.21 bits per heavy atom. The lowest BCUT2D eigenvalue weighted by Crippen LogP contribution is -2.58. The van der Waals surface area contributed by atoms with E-state index in [4.69, 9.17) is 5.11 Å². The first-order chi connectivity index (χ1) is 6.35. The van der Waals surface area contributed by atoms with Gasteiger partial charge in [-0.3, -0.25) is 4.99 Å². The molecule has 0 amide bonds. The first-order valence-electron chi connectivity index (χ1n) is 5.27. The summed E-state index contributed by atoms with van der Waals surface area (Å²) in [5.74, 6) is 0. The summed E-state index contributed by atoms with van der Waals surface area (Å²) in [6.45, 7) is 9.48. The van der Waals surface area contributed by atoms with Crippen LogP contribution in [0.2, 0.25) is 0 Å². The van der Waals surface area contributed by atoms with Crippen molar-refractivity contribution in [2.75, 3.05) is 13.2 Å². The number of aliphatic hydroxyl groups excluding tert-OH is 1. The lowest BCUT2D eigenvalue weighted by Gasteiger charge is -2.43. The van der Waals surface area contributed by atoms with Gasteiger partial charge in [0.1, 0.15) is 0 Å². The monoisotopic (exact) mass is 198 g/mol. The van der Waals surface area contributed by atoms with Crippen LogP contribution in [0.4, 0.5) is 0 Å². The Morgan fingerprint density at radius 3 is 2.14 bits per heavy atom. The van der Waals surface area contributed by atoms with E-state index in [0.717, 1.165) is 12.8 Å². The van der Waals surface area contributed by atoms with Crippen LogP contribution in [-0.2, 0) is 0 Å². The van der Waals surface area contributed by atoms with E-state index in [0.29, 0.717) is 6.54 Å². The first-order valence-corrected chi connectivity index (χ1v) is 5.27. The zero-order valence-electron chi connectivity index (χ0n) is 9.72. The second-order valence-electron chi connectivity index (χ2n) is 5.42. The van der Waals surface area contributed by atoms with Gasteiger partial charge in [0.15, 0.2) is 0 Å². The fourth-order valence-electron chi connectivity index (χ4n) is 2.41. The van der Waals surface area contributed by atoms with Gasteiger partial charge >= 0.3 is 0 Å². The molecule has 1 rings (SSSR count). The number of aliphatic hydroxyl groups is 1. The molecule has 0 radical (unpaired) electrons. The van der Waals surface area contributed by atoms with E-state index in [1.807, 2.05) is 0 Å². The molecule has 1 fully saturated rings. The van der Waals surface area contributed by atoms with Gasteiger partial charge in [0.2, 0.25) is 0 Å². The Morgan fingerprint density at radius 2 is 1.71 bits per heavy atom. The molecule has 0 spiro atoms. The Bertz CT molecular complexity index is 213. The topological polar surface area (TPSA) is 44.6 Å². The molecule has 3 nitrogen and oxygen atoms in total. The molecule has 1 heterocycles. The molecule has 3 heteroatoms. The van der Waals surface area contributed by atoms with Crippen molar-refractivity contribution in [2.24, 2.45) is 4.99 Å². The van der Waals surface area contributed by atoms with Crippen molar-refractivity contribution in [3.63, 3.8) is 0 Å². The number of rotatable bonds is 2. The summed E-state index contributed by atoms with van der Waals surface area (Å²) in [5.41, 5.74) is 1.47. The highest BCUT2D eigenvalue weighted by Gasteiger charge is 2.35. The Kier molecular flexibility index (Phi) is 3.32. The van der Waals surface area contributed by atoms with Crippen molar-refractivity contribution in [1.29, 1.82) is 0 Å². The van der Waals surface area contributed by atoms with Crippen LogP contribution in [0.15, 0.2) is 4.99 Å². The molecule has 1 aliphatic rings. The molecule has 0 aromatic rings. The molecular formula is C11H22N2O. The molecule has 14 heavy (non-hydrogen) atoms. The average Bonchev–Trinajstić information content (AvgIpc) is 1.94. The van der Waals surface area contributed by atoms with Crippen LogP contribution in [0.5, 0.6) is 0 Å². The van der Waals surface area contributed by atoms with Crippen LogP contribution in [0.25, 0.3) is 0 Å². The van der Waals surface area contributed by atoms with Crippen molar-refractivity contribution < 1.29 is 5.11 Å². The summed E-state index contributed by atoms with van der Waals surface area (Å²) in [5, 5.41) is 12.3. The molecule has 2 N–H and O–H groups in total. The summed E-state index contributed by atoms with van der Waals surface area (Å²) in [7, 11) is 0. The summed E-state index contributed by atoms with van der Waals surface area (Å²) < 4.78 is 0. The normalized spacial score (nSPS) is 24.8. The van der Waals surface area contributed by atoms with Crippen LogP contribution in [0, 0.1) is 0 Å². The van der Waals surface area contributed by atoms with E-state index in [1.54, 1.807) is 0 Å². The predicted octanol–water partition coefficient (Wildman–Crippen LogP) is 1.36. The third-order valence-electron chi connectivity index (χ3n) is 2.40. The van der Waals surface area contributed by atoms with Gasteiger partial charge in [0.05, 0.1) is 13.2 Å². The number of piperidine rings is 1. The maximum Gasteiger partial charge on any atom is 0.0626 e. The van der Waals surface area contributed by atoms with E-state index in [9.17, 15) is 0 Å². The lowest BCUT2D eigenvalue weighted by atomic mass is 9.81. The lowest BCUT2D eigenvalue weighted by molar-refractivity contribution is 0.250. The second kappa shape index (κ2) is 3.99. The molecule has 0 saturated carbocycles. The minimum atomic E-state index is 0.121. The highest BCUT2D eigenvalue weighted by Crippen LogP contribution is 2.26. The number of nitrogens with one attached hydrogen (secondary N) is 1. The summed E-state index contributed by atoms with van der Waals surface area (Å²) >= 11 is 0. The van der Waals surface area contributed by atoms with Crippen LogP contribution in [0.3, 0.4) is 0 Å². The fraction of sp³-hybridized carbons (Fsp3) is 0.909. The van der Waals surface area contributed by atoms with Gasteiger partial charge in [-0.1, -0.05) is 0 Å². The van der Waals surface area contributed by atoms with Crippen LogP contribution in [-0.4, -0.2) is 35.0 Å². The average molecular weight is 198 g/mol. The van der Waals surface area contributed by atoms with Crippen molar-refractivity contribution in [2.45, 2.75) is 51.6 Å². The summed E-state index contributed by atoms with van der Waals surface area (Å²) in [4.78, 5) is 4.42. The van der Waals surface area contributed by atoms with Crippen molar-refractivity contribution >= 4 is 5.71 Å². The number of hydrogen-bond donors (Lipinski definition) is 2. The van der Waals surface area contributed by atoms with E-state index in [1.165, 1.54) is 5.71 Å². The van der Waals surface area contributed by atoms with E-state index in [-0.39, 0.29) is 17.7 Å². The van der Waals surface area contributed by atoms with Gasteiger partial charge in [0.25, 0.3) is 0 Å². The largest absolute Gasteiger partial charge is 0.394 e. The molecule has 0 aromatic carbocycles. The number of hydrogen-bond acceptors (Lipinski definition) is 3. The third-order valence-corrected chi connectivity index (χ3v) is 2.40. The molecule has 1 aliphatic heterocycles. The molecule has 0 unspecified atom stereocenters. The molecule has 0 aliphatic carbocycles. The highest BCUT2D eigenvalue weighted by molar-refractivity contribution is 5.87. The minimum Gasteiger partial charge on any atom is -0.394 e. The molecule has 0 atom stereocenters. The van der Waals surface area contributed by atoms with Gasteiger partial charge in [-0.2, -0.15) is 0 Å². The summed E-state index contributed by atoms with van der Waals surface area (Å²) in [6, 6.07) is 0. The predicted molar refractivity (Wildman–Crippen MR) is 59.9 cm³/mol. The van der Waals surface area contributed by atoms with Gasteiger partial charge in [-0.25, -0.2) is 0 Å². The zero-order valence-corrected chi connectivity index (χ0v) is 9.72. The molecule has 82 valence electrons. The van der Waals surface area contributed by atoms with Gasteiger partial charge in [0, 0.05) is 29.6 Å². The van der Waals surface area contributed by atoms with E-state index in [2.05, 4.69) is 38.0 Å². The van der Waals surface area contributed by atoms with Gasteiger partial charge < -0.3 is 10.4 Å². The van der Waals surface area contributed by atoms with Gasteiger partial charge in [-0.05, 0) is 27.7 Å². The third kappa shape index (κ3) is 3.39. The standard InChI is InChI=1S/C11H22N2O/c1-10(2)7-9(12-5-6-14)8-11(3,4)13-10/h13-14H,5-8H2,1-4H3. The van der Waals surface area contributed by atoms with Crippen molar-refractivity contribution in [1.82, 2.24) is 5.32 Å². The number of aliphatic imine (C=N–C) groups is 1. The number of nitrogens with zero attached hydrogens (tertiary/aromatic N) is 1. The Labute approximate surface area is 86.6 Å². The van der Waals surface area contributed by atoms with Crippen LogP contribution in [0.1, 0.15) is 40.5 Å². The maximum atomic E-state index is 8.73. The van der Waals surface area contributed by atoms with Crippen molar-refractivity contribution in [3.05, 3.63) is 0 Å². The molecule has 1 saturated heterocycles. The smallest absolute Gasteiger partial charge is 0.0626 e. The molecule has 0 bridgehead atoms. The molecule has 0 aromatic heterocycles. The second-order valence-corrected chi connectivity index (χ2v) is 5.42. The van der Waals surface area contributed by atoms with E-state index < -0.39 is 0 Å². The van der Waals surface area contributed by atoms with Crippen LogP contribution < -0.4 is 5.32 Å². The van der Waals surface area contributed by atoms with Crippen LogP contribution >= 0.6 is 0 Å². The first kappa shape index (κ1) is 11.7. The van der Waals surface area contributed by atoms with E-state index >= 15 is 0 Å². The zero-order chi connectivity index (χ0) is 10.8. The highest BCUT2D eigenvalue weighted by atomic mass is 16.3. The fourth-order valence-corrected chi connectivity index (χ4v) is 2.41. The van der Waals surface area contributed by atoms with Gasteiger partial charge in [-0.15, -0.1) is 0 Å². The summed E-state index contributed by atoms with van der Waals surface area (Å²) in [6.07, 6.45) is 1.97. The Hall–Kier alpha value is -0.410. The quantitative estimate of drug-likeness (QED) is 0.703. The minimum absolute atomic E-state index is 0.121. The SMILES string of the molecule is CC1(C)CC(=NCCO)CC(C)(C)N1.